The first-order valence-corrected chi connectivity index (χ1v) is 14.8. The molecule has 0 amide bonds. The van der Waals surface area contributed by atoms with Crippen LogP contribution in [-0.2, 0) is 11.2 Å². The lowest BCUT2D eigenvalue weighted by atomic mass is 9.89. The molecule has 2 heterocycles. The molecule has 0 bridgehead atoms. The SMILES string of the molecule is Cc1cc(-c2c(C)cccc2C)c(F)c([C@H](CC(=O)O)NC[C@H](CC(C)C)n2cc(CCN3CC(F)C3)cnc2=O)c1F. The van der Waals surface area contributed by atoms with Crippen molar-refractivity contribution >= 4 is 5.97 Å². The van der Waals surface area contributed by atoms with E-state index in [2.05, 4.69) is 10.3 Å². The molecule has 232 valence electrons. The molecular formula is C33H41F3N4O3. The number of halogens is 3. The highest BCUT2D eigenvalue weighted by Gasteiger charge is 2.29. The van der Waals surface area contributed by atoms with Gasteiger partial charge in [-0.1, -0.05) is 32.0 Å². The Hall–Kier alpha value is -3.50. The molecule has 0 aliphatic carbocycles. The van der Waals surface area contributed by atoms with Crippen LogP contribution >= 0.6 is 0 Å². The van der Waals surface area contributed by atoms with Crippen LogP contribution in [0, 0.1) is 38.3 Å². The van der Waals surface area contributed by atoms with E-state index in [1.165, 1.54) is 16.8 Å². The summed E-state index contributed by atoms with van der Waals surface area (Å²) in [7, 11) is 0. The van der Waals surface area contributed by atoms with Gasteiger partial charge >= 0.3 is 11.7 Å². The maximum atomic E-state index is 16.3. The van der Waals surface area contributed by atoms with Gasteiger partial charge in [-0.3, -0.25) is 14.3 Å². The average molecular weight is 599 g/mol. The number of hydrogen-bond donors (Lipinski definition) is 2. The lowest BCUT2D eigenvalue weighted by Gasteiger charge is -2.34. The number of carbonyl (C=O) groups is 1. The van der Waals surface area contributed by atoms with Gasteiger partial charge < -0.3 is 10.4 Å². The molecular weight excluding hydrogens is 557 g/mol. The number of carboxylic acids is 1. The topological polar surface area (TPSA) is 87.5 Å². The number of benzene rings is 2. The summed E-state index contributed by atoms with van der Waals surface area (Å²) in [6, 6.07) is 5.39. The Morgan fingerprint density at radius 3 is 2.40 bits per heavy atom. The molecule has 7 nitrogen and oxygen atoms in total. The van der Waals surface area contributed by atoms with Crippen LogP contribution in [0.5, 0.6) is 0 Å². The number of rotatable bonds is 13. The van der Waals surface area contributed by atoms with E-state index in [1.54, 1.807) is 13.1 Å². The fourth-order valence-corrected chi connectivity index (χ4v) is 5.93. The van der Waals surface area contributed by atoms with E-state index in [9.17, 15) is 19.1 Å². The smallest absolute Gasteiger partial charge is 0.347 e. The van der Waals surface area contributed by atoms with Crippen LogP contribution in [0.4, 0.5) is 13.2 Å². The van der Waals surface area contributed by atoms with Crippen LogP contribution in [0.15, 0.2) is 41.5 Å². The molecule has 1 aliphatic rings. The van der Waals surface area contributed by atoms with E-state index in [4.69, 9.17) is 0 Å². The van der Waals surface area contributed by atoms with Crippen molar-refractivity contribution in [3.63, 3.8) is 0 Å². The number of aliphatic carboxylic acids is 1. The Kier molecular flexibility index (Phi) is 10.4. The van der Waals surface area contributed by atoms with Crippen molar-refractivity contribution in [1.29, 1.82) is 0 Å². The number of aryl methyl sites for hydroxylation is 3. The minimum atomic E-state index is -1.21. The molecule has 43 heavy (non-hydrogen) atoms. The number of hydrogen-bond acceptors (Lipinski definition) is 5. The molecule has 10 heteroatoms. The van der Waals surface area contributed by atoms with Gasteiger partial charge in [0.15, 0.2) is 0 Å². The van der Waals surface area contributed by atoms with Gasteiger partial charge in [0.25, 0.3) is 0 Å². The number of carboxylic acid groups (broad SMARTS) is 1. The first kappa shape index (κ1) is 32.4. The van der Waals surface area contributed by atoms with Gasteiger partial charge in [0.2, 0.25) is 0 Å². The molecule has 1 aromatic heterocycles. The predicted octanol–water partition coefficient (Wildman–Crippen LogP) is 5.70. The molecule has 1 aliphatic heterocycles. The molecule has 0 radical (unpaired) electrons. The van der Waals surface area contributed by atoms with E-state index < -0.39 is 48.0 Å². The van der Waals surface area contributed by atoms with Gasteiger partial charge in [0.1, 0.15) is 17.8 Å². The molecule has 2 N–H and O–H groups in total. The molecule has 1 saturated heterocycles. The summed E-state index contributed by atoms with van der Waals surface area (Å²) in [6.45, 7) is 10.8. The second-order valence-corrected chi connectivity index (χ2v) is 12.2. The summed E-state index contributed by atoms with van der Waals surface area (Å²) < 4.78 is 46.7. The van der Waals surface area contributed by atoms with Gasteiger partial charge in [-0.25, -0.2) is 22.9 Å². The van der Waals surface area contributed by atoms with Crippen molar-refractivity contribution < 1.29 is 23.1 Å². The third-order valence-electron chi connectivity index (χ3n) is 8.13. The molecule has 2 aromatic carbocycles. The Bertz CT molecular complexity index is 1500. The van der Waals surface area contributed by atoms with Crippen LogP contribution in [0.3, 0.4) is 0 Å². The van der Waals surface area contributed by atoms with Crippen LogP contribution in [0.1, 0.15) is 66.6 Å². The van der Waals surface area contributed by atoms with Gasteiger partial charge in [-0.2, -0.15) is 0 Å². The number of nitrogens with one attached hydrogen (secondary N) is 1. The highest BCUT2D eigenvalue weighted by Crippen LogP contribution is 2.36. The van der Waals surface area contributed by atoms with Crippen LogP contribution < -0.4 is 11.0 Å². The number of aromatic nitrogens is 2. The van der Waals surface area contributed by atoms with Gasteiger partial charge in [-0.15, -0.1) is 0 Å². The summed E-state index contributed by atoms with van der Waals surface area (Å²) >= 11 is 0. The second-order valence-electron chi connectivity index (χ2n) is 12.2. The maximum Gasteiger partial charge on any atom is 0.347 e. The van der Waals surface area contributed by atoms with Crippen LogP contribution in [-0.4, -0.2) is 57.9 Å². The Morgan fingerprint density at radius 1 is 1.12 bits per heavy atom. The Balaban J connectivity index is 1.67. The van der Waals surface area contributed by atoms with E-state index in [0.29, 0.717) is 38.0 Å². The summed E-state index contributed by atoms with van der Waals surface area (Å²) in [6.07, 6.45) is 3.02. The third-order valence-corrected chi connectivity index (χ3v) is 8.13. The Morgan fingerprint density at radius 2 is 1.79 bits per heavy atom. The minimum Gasteiger partial charge on any atom is -0.481 e. The molecule has 3 aromatic rings. The van der Waals surface area contributed by atoms with Gasteiger partial charge in [-0.05, 0) is 73.4 Å². The van der Waals surface area contributed by atoms with Crippen molar-refractivity contribution in [2.75, 3.05) is 26.2 Å². The zero-order valence-corrected chi connectivity index (χ0v) is 25.5. The third kappa shape index (κ3) is 7.72. The average Bonchev–Trinajstić information content (AvgIpc) is 2.91. The van der Waals surface area contributed by atoms with Crippen molar-refractivity contribution in [2.45, 2.75) is 72.1 Å². The summed E-state index contributed by atoms with van der Waals surface area (Å²) in [4.78, 5) is 30.9. The largest absolute Gasteiger partial charge is 0.481 e. The monoisotopic (exact) mass is 598 g/mol. The molecule has 1 fully saturated rings. The van der Waals surface area contributed by atoms with Gasteiger partial charge in [0, 0.05) is 55.7 Å². The standard InChI is InChI=1S/C33H41F3N4O3/c1-19(2)11-25(40-16-23(14-38-33(40)43)9-10-39-17-24(34)18-39)15-37-27(13-28(41)42)30-31(35)22(5)12-26(32(30)36)29-20(3)7-6-8-21(29)4/h6-8,12,14,16,19,24-25,27,37H,9-11,13,15,17-18H2,1-5H3,(H,41,42)/t25-,27-/m0/s1. The number of alkyl halides is 1. The van der Waals surface area contributed by atoms with Crippen LogP contribution in [0.2, 0.25) is 0 Å². The van der Waals surface area contributed by atoms with Gasteiger partial charge in [0.05, 0.1) is 12.5 Å². The highest BCUT2D eigenvalue weighted by atomic mass is 19.1. The lowest BCUT2D eigenvalue weighted by molar-refractivity contribution is -0.137. The van der Waals surface area contributed by atoms with Crippen molar-refractivity contribution in [2.24, 2.45) is 5.92 Å². The minimum absolute atomic E-state index is 0.0857. The molecule has 0 saturated carbocycles. The van der Waals surface area contributed by atoms with Crippen molar-refractivity contribution in [1.82, 2.24) is 19.8 Å². The summed E-state index contributed by atoms with van der Waals surface area (Å²) in [5, 5.41) is 12.9. The maximum absolute atomic E-state index is 16.3. The fourth-order valence-electron chi connectivity index (χ4n) is 5.93. The van der Waals surface area contributed by atoms with E-state index in [1.807, 2.05) is 50.8 Å². The number of likely N-dealkylation sites (tertiary alicyclic amines) is 1. The van der Waals surface area contributed by atoms with E-state index in [-0.39, 0.29) is 29.2 Å². The van der Waals surface area contributed by atoms with Crippen molar-refractivity contribution in [3.8, 4) is 11.1 Å². The van der Waals surface area contributed by atoms with Crippen molar-refractivity contribution in [3.05, 3.63) is 86.6 Å². The second kappa shape index (κ2) is 13.9. The zero-order valence-electron chi connectivity index (χ0n) is 25.5. The highest BCUT2D eigenvalue weighted by molar-refractivity contribution is 5.73. The van der Waals surface area contributed by atoms with E-state index >= 15 is 8.78 Å². The fraction of sp³-hybridized carbons (Fsp3) is 0.485. The van der Waals surface area contributed by atoms with Crippen LogP contribution in [0.25, 0.3) is 11.1 Å². The Labute approximate surface area is 250 Å². The van der Waals surface area contributed by atoms with E-state index in [0.717, 1.165) is 16.7 Å². The predicted molar refractivity (Wildman–Crippen MR) is 161 cm³/mol. The molecule has 4 rings (SSSR count). The summed E-state index contributed by atoms with van der Waals surface area (Å²) in [5.41, 5.74) is 2.72. The molecule has 0 spiro atoms. The molecule has 2 atom stereocenters. The summed E-state index contributed by atoms with van der Waals surface area (Å²) in [5.74, 6) is -2.66. The lowest BCUT2D eigenvalue weighted by Crippen LogP contribution is -2.49. The first-order chi connectivity index (χ1) is 20.3. The molecule has 0 unspecified atom stereocenters. The quantitative estimate of drug-likeness (QED) is 0.263. The zero-order chi connectivity index (χ0) is 31.4. The first-order valence-electron chi connectivity index (χ1n) is 14.8. The normalized spacial score (nSPS) is 15.5. The number of nitrogens with zero attached hydrogens (tertiary/aromatic N) is 3.